The van der Waals surface area contributed by atoms with E-state index in [0.717, 1.165) is 0 Å². The summed E-state index contributed by atoms with van der Waals surface area (Å²) in [5, 5.41) is 0. The number of hydrogen-bond donors (Lipinski definition) is 4. The third-order valence-electron chi connectivity index (χ3n) is 3.98. The first kappa shape index (κ1) is 16.6. The summed E-state index contributed by atoms with van der Waals surface area (Å²) in [6.07, 6.45) is 1.45. The molecule has 0 aromatic carbocycles. The van der Waals surface area contributed by atoms with Gasteiger partial charge in [0.1, 0.15) is 0 Å². The Morgan fingerprint density at radius 2 is 2.25 bits per heavy atom. The Balaban J connectivity index is 1.75. The van der Waals surface area contributed by atoms with Crippen molar-refractivity contribution in [2.45, 2.75) is 18.9 Å². The summed E-state index contributed by atoms with van der Waals surface area (Å²) < 4.78 is 12.6. The molecular formula is C12H17N6O5P. The third-order valence-corrected chi connectivity index (χ3v) is 4.78. The first-order valence-electron chi connectivity index (χ1n) is 7.29. The van der Waals surface area contributed by atoms with Crippen LogP contribution < -0.4 is 11.3 Å². The van der Waals surface area contributed by atoms with Crippen molar-refractivity contribution in [1.29, 1.82) is 0 Å². The number of nitrogen functional groups attached to an aromatic ring is 1. The minimum Gasteiger partial charge on any atom is -0.369 e. The summed E-state index contributed by atoms with van der Waals surface area (Å²) in [5.41, 5.74) is 5.66. The highest BCUT2D eigenvalue weighted by molar-refractivity contribution is 7.51. The minimum absolute atomic E-state index is 0.0122. The van der Waals surface area contributed by atoms with E-state index in [1.165, 1.54) is 6.33 Å². The van der Waals surface area contributed by atoms with Gasteiger partial charge in [-0.05, 0) is 6.42 Å². The number of imidazole rings is 1. The molecule has 130 valence electrons. The van der Waals surface area contributed by atoms with E-state index in [1.807, 2.05) is 0 Å². The molecule has 3 heterocycles. The van der Waals surface area contributed by atoms with Gasteiger partial charge in [-0.15, -0.1) is 0 Å². The van der Waals surface area contributed by atoms with Crippen molar-refractivity contribution >= 4 is 30.6 Å². The quantitative estimate of drug-likeness (QED) is 0.508. The lowest BCUT2D eigenvalue weighted by Crippen LogP contribution is -2.29. The Hall–Kier alpha value is -2.23. The van der Waals surface area contributed by atoms with E-state index < -0.39 is 19.3 Å². The summed E-state index contributed by atoms with van der Waals surface area (Å²) in [5.74, 6) is -0.322. The van der Waals surface area contributed by atoms with Crippen LogP contribution in [-0.2, 0) is 9.36 Å². The fourth-order valence-corrected chi connectivity index (χ4v) is 3.29. The van der Waals surface area contributed by atoms with E-state index in [0.29, 0.717) is 25.2 Å². The molecular weight excluding hydrogens is 339 g/mol. The van der Waals surface area contributed by atoms with Crippen molar-refractivity contribution in [2.75, 3.05) is 25.0 Å². The van der Waals surface area contributed by atoms with Crippen molar-refractivity contribution in [3.8, 4) is 0 Å². The molecule has 0 saturated carbocycles. The molecule has 0 radical (unpaired) electrons. The Labute approximate surface area is 135 Å². The van der Waals surface area contributed by atoms with E-state index in [9.17, 15) is 14.2 Å². The summed E-state index contributed by atoms with van der Waals surface area (Å²) >= 11 is 0. The first-order valence-corrected chi connectivity index (χ1v) is 9.09. The molecule has 0 aliphatic carbocycles. The average Bonchev–Trinajstić information content (AvgIpc) is 3.10. The molecule has 2 aromatic heterocycles. The van der Waals surface area contributed by atoms with Crippen LogP contribution in [-0.4, -0.2) is 59.4 Å². The van der Waals surface area contributed by atoms with E-state index >= 15 is 0 Å². The number of nitrogens with two attached hydrogens (primary N) is 1. The summed E-state index contributed by atoms with van der Waals surface area (Å²) in [4.78, 5) is 53.6. The van der Waals surface area contributed by atoms with E-state index in [-0.39, 0.29) is 29.8 Å². The SMILES string of the molecule is Nc1nc2c(ncn2C2CCN(C(=O)CCP(=O)(O)O)C2)c(=O)[nH]1. The molecule has 11 nitrogen and oxygen atoms in total. The van der Waals surface area contributed by atoms with Crippen molar-refractivity contribution in [3.63, 3.8) is 0 Å². The van der Waals surface area contributed by atoms with Crippen LogP contribution in [0.4, 0.5) is 5.95 Å². The monoisotopic (exact) mass is 356 g/mol. The van der Waals surface area contributed by atoms with Crippen molar-refractivity contribution in [2.24, 2.45) is 0 Å². The largest absolute Gasteiger partial charge is 0.369 e. The predicted octanol–water partition coefficient (Wildman–Crippen LogP) is -0.957. The molecule has 3 rings (SSSR count). The van der Waals surface area contributed by atoms with Gasteiger partial charge in [-0.1, -0.05) is 0 Å². The van der Waals surface area contributed by atoms with Crippen LogP contribution in [0.2, 0.25) is 0 Å². The molecule has 12 heteroatoms. The molecule has 1 aliphatic heterocycles. The minimum atomic E-state index is -4.19. The molecule has 2 aromatic rings. The smallest absolute Gasteiger partial charge is 0.326 e. The number of carbonyl (C=O) groups is 1. The first-order chi connectivity index (χ1) is 11.2. The maximum atomic E-state index is 12.0. The van der Waals surface area contributed by atoms with Gasteiger partial charge in [0.15, 0.2) is 11.2 Å². The Bertz CT molecular complexity index is 886. The number of hydrogen-bond acceptors (Lipinski definition) is 6. The number of fused-ring (bicyclic) bond motifs is 1. The van der Waals surface area contributed by atoms with E-state index in [2.05, 4.69) is 15.0 Å². The normalized spacial score (nSPS) is 18.4. The van der Waals surface area contributed by atoms with Gasteiger partial charge < -0.3 is 25.0 Å². The topological polar surface area (TPSA) is 167 Å². The molecule has 0 spiro atoms. The highest BCUT2D eigenvalue weighted by Gasteiger charge is 2.29. The fraction of sp³-hybridized carbons (Fsp3) is 0.500. The molecule has 1 atom stereocenters. The van der Waals surface area contributed by atoms with Crippen LogP contribution in [0.3, 0.4) is 0 Å². The molecule has 1 unspecified atom stereocenters. The standard InChI is InChI=1S/C12H17N6O5P/c13-12-15-10-9(11(20)16-12)14-6-18(10)7-1-3-17(5-7)8(19)2-4-24(21,22)23/h6-7H,1-5H2,(H2,21,22,23)(H3,13,15,16,20). The Morgan fingerprint density at radius 1 is 1.50 bits per heavy atom. The lowest BCUT2D eigenvalue weighted by Gasteiger charge is -2.17. The predicted molar refractivity (Wildman–Crippen MR) is 84.3 cm³/mol. The van der Waals surface area contributed by atoms with Gasteiger partial charge >= 0.3 is 7.60 Å². The van der Waals surface area contributed by atoms with Crippen molar-refractivity contribution < 1.29 is 19.1 Å². The summed E-state index contributed by atoms with van der Waals surface area (Å²) in [6, 6.07) is -0.122. The van der Waals surface area contributed by atoms with E-state index in [1.54, 1.807) is 9.47 Å². The number of likely N-dealkylation sites (tertiary alicyclic amines) is 1. The Morgan fingerprint density at radius 3 is 2.96 bits per heavy atom. The molecule has 1 saturated heterocycles. The lowest BCUT2D eigenvalue weighted by molar-refractivity contribution is -0.129. The number of anilines is 1. The lowest BCUT2D eigenvalue weighted by atomic mass is 10.2. The molecule has 5 N–H and O–H groups in total. The second-order valence-corrected chi connectivity index (χ2v) is 7.47. The van der Waals surface area contributed by atoms with Crippen LogP contribution in [0.15, 0.2) is 11.1 Å². The van der Waals surface area contributed by atoms with Gasteiger partial charge in [0, 0.05) is 19.5 Å². The Kier molecular flexibility index (Phi) is 4.16. The number of nitrogens with zero attached hydrogens (tertiary/aromatic N) is 4. The molecule has 24 heavy (non-hydrogen) atoms. The number of nitrogens with one attached hydrogen (secondary N) is 1. The zero-order valence-corrected chi connectivity index (χ0v) is 13.5. The highest BCUT2D eigenvalue weighted by Crippen LogP contribution is 2.35. The maximum absolute atomic E-state index is 12.0. The zero-order valence-electron chi connectivity index (χ0n) is 12.6. The third kappa shape index (κ3) is 3.32. The van der Waals surface area contributed by atoms with Gasteiger partial charge in [-0.25, -0.2) is 4.98 Å². The fourth-order valence-electron chi connectivity index (χ4n) is 2.81. The molecule has 1 aliphatic rings. The van der Waals surface area contributed by atoms with Crippen molar-refractivity contribution in [3.05, 3.63) is 16.7 Å². The van der Waals surface area contributed by atoms with Gasteiger partial charge in [0.2, 0.25) is 11.9 Å². The number of aromatic amines is 1. The summed E-state index contributed by atoms with van der Waals surface area (Å²) in [7, 11) is -4.19. The van der Waals surface area contributed by atoms with Crippen molar-refractivity contribution in [1.82, 2.24) is 24.4 Å². The zero-order chi connectivity index (χ0) is 17.5. The second kappa shape index (κ2) is 6.00. The van der Waals surface area contributed by atoms with Crippen LogP contribution >= 0.6 is 7.60 Å². The van der Waals surface area contributed by atoms with Gasteiger partial charge in [-0.3, -0.25) is 19.1 Å². The second-order valence-electron chi connectivity index (χ2n) is 5.70. The number of rotatable bonds is 4. The summed E-state index contributed by atoms with van der Waals surface area (Å²) in [6.45, 7) is 0.822. The van der Waals surface area contributed by atoms with Crippen LogP contribution in [0, 0.1) is 0 Å². The van der Waals surface area contributed by atoms with Gasteiger partial charge in [0.05, 0.1) is 18.5 Å². The number of H-pyrrole nitrogens is 1. The van der Waals surface area contributed by atoms with Gasteiger partial charge in [-0.2, -0.15) is 4.98 Å². The number of aromatic nitrogens is 4. The molecule has 1 amide bonds. The highest BCUT2D eigenvalue weighted by atomic mass is 31.2. The van der Waals surface area contributed by atoms with Crippen LogP contribution in [0.1, 0.15) is 18.9 Å². The van der Waals surface area contributed by atoms with Crippen LogP contribution in [0.5, 0.6) is 0 Å². The van der Waals surface area contributed by atoms with Crippen LogP contribution in [0.25, 0.3) is 11.2 Å². The maximum Gasteiger partial charge on any atom is 0.326 e. The number of amides is 1. The molecule has 0 bridgehead atoms. The molecule has 1 fully saturated rings. The average molecular weight is 356 g/mol. The van der Waals surface area contributed by atoms with Gasteiger partial charge in [0.25, 0.3) is 5.56 Å². The van der Waals surface area contributed by atoms with E-state index in [4.69, 9.17) is 15.5 Å². The number of carbonyl (C=O) groups excluding carboxylic acids is 1.